The summed E-state index contributed by atoms with van der Waals surface area (Å²) < 4.78 is 10.1. The Bertz CT molecular complexity index is 447. The molecule has 0 radical (unpaired) electrons. The van der Waals surface area contributed by atoms with Gasteiger partial charge < -0.3 is 25.2 Å². The molecule has 0 aliphatic carbocycles. The fourth-order valence-corrected chi connectivity index (χ4v) is 1.28. The molecule has 1 aromatic carbocycles. The number of carbonyl (C=O) groups excluding carboxylic acids is 1. The van der Waals surface area contributed by atoms with Gasteiger partial charge in [0.05, 0.1) is 14.2 Å². The predicted octanol–water partition coefficient (Wildman–Crippen LogP) is 0.910. The van der Waals surface area contributed by atoms with Gasteiger partial charge in [0.25, 0.3) is 0 Å². The molecule has 1 aromatic rings. The standard InChI is InChI=1S/C11H14N2O5/c1-17-8-4-3-7(5-9(8)18-2)13-10(14)6-12-11(15)16/h3-5,12H,6H2,1-2H3,(H,13,14)(H,15,16). The molecule has 3 N–H and O–H groups in total. The summed E-state index contributed by atoms with van der Waals surface area (Å²) in [5.74, 6) is 0.547. The Labute approximate surface area is 104 Å². The van der Waals surface area contributed by atoms with Crippen molar-refractivity contribution < 1.29 is 24.2 Å². The Hall–Kier alpha value is -2.44. The number of benzene rings is 1. The van der Waals surface area contributed by atoms with E-state index in [1.54, 1.807) is 18.2 Å². The van der Waals surface area contributed by atoms with Crippen LogP contribution in [0.3, 0.4) is 0 Å². The molecule has 0 aromatic heterocycles. The number of hydrogen-bond donors (Lipinski definition) is 3. The van der Waals surface area contributed by atoms with Crippen molar-refractivity contribution in [2.45, 2.75) is 0 Å². The Morgan fingerprint density at radius 3 is 2.44 bits per heavy atom. The van der Waals surface area contributed by atoms with Gasteiger partial charge in [0, 0.05) is 11.8 Å². The first-order valence-electron chi connectivity index (χ1n) is 5.05. The molecular formula is C11H14N2O5. The summed E-state index contributed by atoms with van der Waals surface area (Å²) in [7, 11) is 2.99. The number of rotatable bonds is 5. The molecule has 0 unspecified atom stereocenters. The van der Waals surface area contributed by atoms with Gasteiger partial charge in [-0.2, -0.15) is 0 Å². The highest BCUT2D eigenvalue weighted by Gasteiger charge is 2.08. The van der Waals surface area contributed by atoms with E-state index < -0.39 is 12.0 Å². The Morgan fingerprint density at radius 1 is 1.22 bits per heavy atom. The molecule has 0 bridgehead atoms. The fourth-order valence-electron chi connectivity index (χ4n) is 1.28. The lowest BCUT2D eigenvalue weighted by Crippen LogP contribution is -2.31. The maximum Gasteiger partial charge on any atom is 0.405 e. The molecule has 0 aliphatic heterocycles. The van der Waals surface area contributed by atoms with Gasteiger partial charge >= 0.3 is 6.09 Å². The predicted molar refractivity (Wildman–Crippen MR) is 64.2 cm³/mol. The van der Waals surface area contributed by atoms with E-state index in [0.717, 1.165) is 0 Å². The van der Waals surface area contributed by atoms with Gasteiger partial charge in [-0.3, -0.25) is 4.79 Å². The number of amides is 2. The molecule has 98 valence electrons. The molecule has 0 aliphatic rings. The Kier molecular flexibility index (Phi) is 4.79. The van der Waals surface area contributed by atoms with Crippen LogP contribution >= 0.6 is 0 Å². The summed E-state index contributed by atoms with van der Waals surface area (Å²) in [5, 5.41) is 12.8. The quantitative estimate of drug-likeness (QED) is 0.725. The lowest BCUT2D eigenvalue weighted by molar-refractivity contribution is -0.115. The minimum atomic E-state index is -1.25. The molecule has 7 heteroatoms. The van der Waals surface area contributed by atoms with Crippen LogP contribution in [-0.2, 0) is 4.79 Å². The summed E-state index contributed by atoms with van der Waals surface area (Å²) in [6.07, 6.45) is -1.25. The average Bonchev–Trinajstić information content (AvgIpc) is 2.36. The minimum absolute atomic E-state index is 0.316. The van der Waals surface area contributed by atoms with E-state index in [1.165, 1.54) is 14.2 Å². The third-order valence-electron chi connectivity index (χ3n) is 2.07. The van der Waals surface area contributed by atoms with Crippen molar-refractivity contribution in [3.05, 3.63) is 18.2 Å². The summed E-state index contributed by atoms with van der Waals surface area (Å²) in [6.45, 7) is -0.316. The molecule has 18 heavy (non-hydrogen) atoms. The topological polar surface area (TPSA) is 96.9 Å². The monoisotopic (exact) mass is 254 g/mol. The third kappa shape index (κ3) is 3.85. The molecular weight excluding hydrogens is 240 g/mol. The zero-order valence-electron chi connectivity index (χ0n) is 10.0. The number of carbonyl (C=O) groups is 2. The van der Waals surface area contributed by atoms with E-state index >= 15 is 0 Å². The van der Waals surface area contributed by atoms with Crippen molar-refractivity contribution in [3.8, 4) is 11.5 Å². The zero-order valence-corrected chi connectivity index (χ0v) is 10.0. The van der Waals surface area contributed by atoms with Crippen molar-refractivity contribution in [2.75, 3.05) is 26.1 Å². The van der Waals surface area contributed by atoms with Crippen LogP contribution in [0.4, 0.5) is 10.5 Å². The Morgan fingerprint density at radius 2 is 1.89 bits per heavy atom. The second-order valence-electron chi connectivity index (χ2n) is 3.28. The fraction of sp³-hybridized carbons (Fsp3) is 0.273. The van der Waals surface area contributed by atoms with Crippen LogP contribution in [0.15, 0.2) is 18.2 Å². The normalized spacial score (nSPS) is 9.44. The van der Waals surface area contributed by atoms with E-state index in [2.05, 4.69) is 5.32 Å². The van der Waals surface area contributed by atoms with Gasteiger partial charge in [0.15, 0.2) is 11.5 Å². The molecule has 7 nitrogen and oxygen atoms in total. The summed E-state index contributed by atoms with van der Waals surface area (Å²) in [5.41, 5.74) is 0.491. The summed E-state index contributed by atoms with van der Waals surface area (Å²) >= 11 is 0. The van der Waals surface area contributed by atoms with Gasteiger partial charge in [-0.1, -0.05) is 0 Å². The van der Waals surface area contributed by atoms with E-state index in [-0.39, 0.29) is 6.54 Å². The van der Waals surface area contributed by atoms with E-state index in [0.29, 0.717) is 17.2 Å². The van der Waals surface area contributed by atoms with Crippen LogP contribution in [0.1, 0.15) is 0 Å². The van der Waals surface area contributed by atoms with Gasteiger partial charge in [0.2, 0.25) is 5.91 Å². The number of ether oxygens (including phenoxy) is 2. The lowest BCUT2D eigenvalue weighted by atomic mass is 10.2. The lowest BCUT2D eigenvalue weighted by Gasteiger charge is -2.10. The van der Waals surface area contributed by atoms with Gasteiger partial charge in [-0.25, -0.2) is 4.79 Å². The second-order valence-corrected chi connectivity index (χ2v) is 3.28. The Balaban J connectivity index is 2.67. The molecule has 0 fully saturated rings. The van der Waals surface area contributed by atoms with Crippen molar-refractivity contribution >= 4 is 17.7 Å². The minimum Gasteiger partial charge on any atom is -0.493 e. The number of nitrogens with one attached hydrogen (secondary N) is 2. The van der Waals surface area contributed by atoms with Crippen LogP contribution in [0.5, 0.6) is 11.5 Å². The molecule has 0 spiro atoms. The van der Waals surface area contributed by atoms with Crippen LogP contribution < -0.4 is 20.1 Å². The van der Waals surface area contributed by atoms with Crippen molar-refractivity contribution in [3.63, 3.8) is 0 Å². The summed E-state index contributed by atoms with van der Waals surface area (Å²) in [6, 6.07) is 4.84. The number of carboxylic acid groups (broad SMARTS) is 1. The van der Waals surface area contributed by atoms with Crippen molar-refractivity contribution in [1.82, 2.24) is 5.32 Å². The van der Waals surface area contributed by atoms with Gasteiger partial charge in [-0.15, -0.1) is 0 Å². The van der Waals surface area contributed by atoms with E-state index in [1.807, 2.05) is 5.32 Å². The van der Waals surface area contributed by atoms with Crippen LogP contribution in [0.2, 0.25) is 0 Å². The molecule has 0 saturated heterocycles. The largest absolute Gasteiger partial charge is 0.493 e. The molecule has 1 rings (SSSR count). The highest BCUT2D eigenvalue weighted by Crippen LogP contribution is 2.29. The average molecular weight is 254 g/mol. The van der Waals surface area contributed by atoms with E-state index in [9.17, 15) is 9.59 Å². The van der Waals surface area contributed by atoms with Crippen LogP contribution in [-0.4, -0.2) is 37.9 Å². The maximum absolute atomic E-state index is 11.4. The van der Waals surface area contributed by atoms with E-state index in [4.69, 9.17) is 14.6 Å². The SMILES string of the molecule is COc1ccc(NC(=O)CNC(=O)O)cc1OC. The summed E-state index contributed by atoms with van der Waals surface area (Å²) in [4.78, 5) is 21.6. The first-order valence-corrected chi connectivity index (χ1v) is 5.05. The second kappa shape index (κ2) is 6.33. The van der Waals surface area contributed by atoms with Crippen molar-refractivity contribution in [2.24, 2.45) is 0 Å². The number of anilines is 1. The highest BCUT2D eigenvalue weighted by molar-refractivity contribution is 5.94. The van der Waals surface area contributed by atoms with Gasteiger partial charge in [0.1, 0.15) is 6.54 Å². The number of methoxy groups -OCH3 is 2. The van der Waals surface area contributed by atoms with Crippen LogP contribution in [0, 0.1) is 0 Å². The number of hydrogen-bond acceptors (Lipinski definition) is 4. The van der Waals surface area contributed by atoms with Gasteiger partial charge in [-0.05, 0) is 12.1 Å². The molecule has 2 amide bonds. The zero-order chi connectivity index (χ0) is 13.5. The molecule has 0 heterocycles. The highest BCUT2D eigenvalue weighted by atomic mass is 16.5. The molecule has 0 atom stereocenters. The smallest absolute Gasteiger partial charge is 0.405 e. The van der Waals surface area contributed by atoms with Crippen LogP contribution in [0.25, 0.3) is 0 Å². The first kappa shape index (κ1) is 13.6. The maximum atomic E-state index is 11.4. The molecule has 0 saturated carbocycles. The first-order chi connectivity index (χ1) is 8.56. The third-order valence-corrected chi connectivity index (χ3v) is 2.07. The van der Waals surface area contributed by atoms with Crippen molar-refractivity contribution in [1.29, 1.82) is 0 Å².